The number of rotatable bonds is 4. The van der Waals surface area contributed by atoms with Gasteiger partial charge in [-0.3, -0.25) is 9.78 Å². The average Bonchev–Trinajstić information content (AvgIpc) is 2.66. The van der Waals surface area contributed by atoms with Crippen LogP contribution in [0.15, 0.2) is 18.3 Å². The molecule has 2 rings (SSSR count). The molecule has 104 valence electrons. The number of aromatic nitrogens is 1. The maximum atomic E-state index is 11.5. The highest BCUT2D eigenvalue weighted by atomic mass is 32.2. The van der Waals surface area contributed by atoms with Gasteiger partial charge in [0.25, 0.3) is 0 Å². The van der Waals surface area contributed by atoms with Crippen molar-refractivity contribution in [1.82, 2.24) is 4.98 Å². The Morgan fingerprint density at radius 2 is 2.32 bits per heavy atom. The van der Waals surface area contributed by atoms with E-state index in [1.807, 2.05) is 6.92 Å². The van der Waals surface area contributed by atoms with Gasteiger partial charge in [-0.05, 0) is 25.5 Å². The molecule has 0 saturated carbocycles. The summed E-state index contributed by atoms with van der Waals surface area (Å²) < 4.78 is 23.1. The molecule has 2 heterocycles. The predicted molar refractivity (Wildman–Crippen MR) is 71.0 cm³/mol. The van der Waals surface area contributed by atoms with Crippen LogP contribution in [0.4, 0.5) is 5.69 Å². The molecule has 1 aromatic heterocycles. The summed E-state index contributed by atoms with van der Waals surface area (Å²) in [6.07, 6.45) is 2.07. The van der Waals surface area contributed by atoms with Crippen LogP contribution in [-0.4, -0.2) is 48.6 Å². The van der Waals surface area contributed by atoms with Crippen molar-refractivity contribution in [3.63, 3.8) is 0 Å². The first-order chi connectivity index (χ1) is 8.87. The van der Waals surface area contributed by atoms with E-state index in [9.17, 15) is 13.2 Å². The summed E-state index contributed by atoms with van der Waals surface area (Å²) in [6.45, 7) is 1.61. The number of carboxylic acid groups (broad SMARTS) is 1. The normalized spacial score (nSPS) is 21.2. The molecule has 19 heavy (non-hydrogen) atoms. The molecule has 0 aliphatic carbocycles. The summed E-state index contributed by atoms with van der Waals surface area (Å²) in [5.74, 6) is -0.835. The first-order valence-corrected chi connectivity index (χ1v) is 7.81. The van der Waals surface area contributed by atoms with Gasteiger partial charge in [0.05, 0.1) is 11.5 Å². The number of nitrogens with zero attached hydrogens (tertiary/aromatic N) is 2. The summed E-state index contributed by atoms with van der Waals surface area (Å²) in [5.41, 5.74) is 1.48. The summed E-state index contributed by atoms with van der Waals surface area (Å²) in [4.78, 5) is 16.7. The Bertz CT molecular complexity index is 585. The Balaban J connectivity index is 2.29. The highest BCUT2D eigenvalue weighted by molar-refractivity contribution is 7.91. The van der Waals surface area contributed by atoms with E-state index in [4.69, 9.17) is 5.11 Å². The second-order valence-corrected chi connectivity index (χ2v) is 6.96. The number of aliphatic carboxylic acids is 1. The fourth-order valence-corrected chi connectivity index (χ4v) is 4.04. The topological polar surface area (TPSA) is 87.6 Å². The van der Waals surface area contributed by atoms with Gasteiger partial charge in [-0.15, -0.1) is 0 Å². The van der Waals surface area contributed by atoms with Gasteiger partial charge in [0.15, 0.2) is 9.84 Å². The average molecular weight is 284 g/mol. The lowest BCUT2D eigenvalue weighted by Gasteiger charge is -2.28. The van der Waals surface area contributed by atoms with E-state index in [1.54, 1.807) is 23.2 Å². The molecule has 1 N–H and O–H groups in total. The van der Waals surface area contributed by atoms with Crippen molar-refractivity contribution < 1.29 is 18.3 Å². The molecular formula is C12H16N2O4S. The van der Waals surface area contributed by atoms with E-state index in [0.717, 1.165) is 5.69 Å². The van der Waals surface area contributed by atoms with Crippen LogP contribution >= 0.6 is 0 Å². The third-order valence-corrected chi connectivity index (χ3v) is 4.92. The minimum atomic E-state index is -3.04. The molecule has 1 aliphatic heterocycles. The fourth-order valence-electron chi connectivity index (χ4n) is 2.31. The van der Waals surface area contributed by atoms with Crippen molar-refractivity contribution in [2.45, 2.75) is 19.4 Å². The molecule has 1 aliphatic rings. The molecule has 0 bridgehead atoms. The monoisotopic (exact) mass is 284 g/mol. The Labute approximate surface area is 112 Å². The third-order valence-electron chi connectivity index (χ3n) is 3.17. The number of hydrogen-bond acceptors (Lipinski definition) is 5. The molecular weight excluding hydrogens is 268 g/mol. The number of anilines is 1. The lowest BCUT2D eigenvalue weighted by molar-refractivity contribution is -0.135. The molecule has 0 aromatic carbocycles. The maximum Gasteiger partial charge on any atom is 0.323 e. The largest absolute Gasteiger partial charge is 0.480 e. The van der Waals surface area contributed by atoms with Crippen molar-refractivity contribution in [2.24, 2.45) is 0 Å². The minimum absolute atomic E-state index is 0.0155. The SMILES string of the molecule is Cc1cc(N(CC(=O)O)C2CCS(=O)(=O)C2)ccn1. The van der Waals surface area contributed by atoms with E-state index in [0.29, 0.717) is 12.1 Å². The van der Waals surface area contributed by atoms with E-state index in [-0.39, 0.29) is 24.1 Å². The number of pyridine rings is 1. The second kappa shape index (κ2) is 5.16. The van der Waals surface area contributed by atoms with Crippen LogP contribution in [-0.2, 0) is 14.6 Å². The van der Waals surface area contributed by atoms with Gasteiger partial charge in [0.1, 0.15) is 6.54 Å². The highest BCUT2D eigenvalue weighted by Crippen LogP contribution is 2.24. The molecule has 0 spiro atoms. The molecule has 1 atom stereocenters. The van der Waals surface area contributed by atoms with E-state index in [2.05, 4.69) is 4.98 Å². The fraction of sp³-hybridized carbons (Fsp3) is 0.500. The van der Waals surface area contributed by atoms with Gasteiger partial charge >= 0.3 is 5.97 Å². The van der Waals surface area contributed by atoms with Crippen molar-refractivity contribution in [3.05, 3.63) is 24.0 Å². The Hall–Kier alpha value is -1.63. The number of carbonyl (C=O) groups is 1. The zero-order valence-electron chi connectivity index (χ0n) is 10.6. The van der Waals surface area contributed by atoms with Crippen LogP contribution in [0.3, 0.4) is 0 Å². The quantitative estimate of drug-likeness (QED) is 0.864. The smallest absolute Gasteiger partial charge is 0.323 e. The van der Waals surface area contributed by atoms with Crippen LogP contribution in [0, 0.1) is 6.92 Å². The van der Waals surface area contributed by atoms with Gasteiger partial charge < -0.3 is 10.0 Å². The lowest BCUT2D eigenvalue weighted by atomic mass is 10.2. The Morgan fingerprint density at radius 3 is 2.84 bits per heavy atom. The summed E-state index contributed by atoms with van der Waals surface area (Å²) in [7, 11) is -3.04. The maximum absolute atomic E-state index is 11.5. The second-order valence-electron chi connectivity index (χ2n) is 4.73. The zero-order chi connectivity index (χ0) is 14.0. The third kappa shape index (κ3) is 3.44. The minimum Gasteiger partial charge on any atom is -0.480 e. The van der Waals surface area contributed by atoms with Crippen molar-refractivity contribution in [1.29, 1.82) is 0 Å². The number of aryl methyl sites for hydroxylation is 1. The van der Waals surface area contributed by atoms with Crippen LogP contribution in [0.5, 0.6) is 0 Å². The Morgan fingerprint density at radius 1 is 1.58 bits per heavy atom. The molecule has 1 saturated heterocycles. The molecule has 1 unspecified atom stereocenters. The summed E-state index contributed by atoms with van der Waals surface area (Å²) in [5, 5.41) is 9.00. The number of sulfone groups is 1. The predicted octanol–water partition coefficient (Wildman–Crippen LogP) is 0.468. The highest BCUT2D eigenvalue weighted by Gasteiger charge is 2.33. The molecule has 0 amide bonds. The number of carboxylic acids is 1. The number of hydrogen-bond donors (Lipinski definition) is 1. The molecule has 1 fully saturated rings. The van der Waals surface area contributed by atoms with E-state index < -0.39 is 15.8 Å². The van der Waals surface area contributed by atoms with Gasteiger partial charge in [-0.25, -0.2) is 8.42 Å². The zero-order valence-corrected chi connectivity index (χ0v) is 11.4. The first kappa shape index (κ1) is 13.8. The standard InChI is InChI=1S/C12H16N2O4S/c1-9-6-10(2-4-13-9)14(7-12(15)16)11-3-5-19(17,18)8-11/h2,4,6,11H,3,5,7-8H2,1H3,(H,15,16). The van der Waals surface area contributed by atoms with Gasteiger partial charge in [-0.2, -0.15) is 0 Å². The lowest BCUT2D eigenvalue weighted by Crippen LogP contribution is -2.40. The molecule has 1 aromatic rings. The van der Waals surface area contributed by atoms with Crippen LogP contribution in [0.1, 0.15) is 12.1 Å². The van der Waals surface area contributed by atoms with E-state index in [1.165, 1.54) is 0 Å². The summed E-state index contributed by atoms with van der Waals surface area (Å²) in [6, 6.07) is 3.21. The van der Waals surface area contributed by atoms with Gasteiger partial charge in [0.2, 0.25) is 0 Å². The van der Waals surface area contributed by atoms with Crippen molar-refractivity contribution >= 4 is 21.5 Å². The first-order valence-electron chi connectivity index (χ1n) is 5.99. The van der Waals surface area contributed by atoms with Crippen LogP contribution in [0.25, 0.3) is 0 Å². The van der Waals surface area contributed by atoms with Gasteiger partial charge in [0, 0.05) is 23.6 Å². The Kier molecular flexibility index (Phi) is 3.75. The van der Waals surface area contributed by atoms with Crippen LogP contribution < -0.4 is 4.90 Å². The molecule has 0 radical (unpaired) electrons. The van der Waals surface area contributed by atoms with Crippen molar-refractivity contribution in [3.8, 4) is 0 Å². The summed E-state index contributed by atoms with van der Waals surface area (Å²) >= 11 is 0. The van der Waals surface area contributed by atoms with E-state index >= 15 is 0 Å². The molecule has 7 heteroatoms. The van der Waals surface area contributed by atoms with Gasteiger partial charge in [-0.1, -0.05) is 0 Å². The van der Waals surface area contributed by atoms with Crippen LogP contribution in [0.2, 0.25) is 0 Å². The van der Waals surface area contributed by atoms with Crippen molar-refractivity contribution in [2.75, 3.05) is 23.0 Å². The molecule has 6 nitrogen and oxygen atoms in total.